The predicted octanol–water partition coefficient (Wildman–Crippen LogP) is 3.49. The fourth-order valence-electron chi connectivity index (χ4n) is 2.87. The Hall–Kier alpha value is -3.80. The summed E-state index contributed by atoms with van der Waals surface area (Å²) in [4.78, 5) is 28.1. The maximum atomic E-state index is 12.1. The second-order valence-corrected chi connectivity index (χ2v) is 6.94. The van der Waals surface area contributed by atoms with Crippen LogP contribution in [0.1, 0.15) is 24.5 Å². The number of hydrazone groups is 1. The summed E-state index contributed by atoms with van der Waals surface area (Å²) in [5.74, 6) is -0.386. The number of carbonyl (C=O) groups is 2. The third-order valence-electron chi connectivity index (χ3n) is 4.43. The van der Waals surface area contributed by atoms with E-state index in [9.17, 15) is 9.59 Å². The van der Waals surface area contributed by atoms with Gasteiger partial charge in [-0.1, -0.05) is 60.7 Å². The van der Waals surface area contributed by atoms with E-state index in [2.05, 4.69) is 20.8 Å². The molecular weight excluding hydrogens is 376 g/mol. The molecule has 152 valence electrons. The van der Waals surface area contributed by atoms with Crippen LogP contribution in [0.2, 0.25) is 0 Å². The lowest BCUT2D eigenvalue weighted by Gasteiger charge is -2.06. The highest BCUT2D eigenvalue weighted by Gasteiger charge is 2.06. The number of hydrogen-bond acceptors (Lipinski definition) is 4. The molecule has 0 aliphatic carbocycles. The van der Waals surface area contributed by atoms with Crippen molar-refractivity contribution in [3.05, 3.63) is 90.3 Å². The fraction of sp³-hybridized carbons (Fsp3) is 0.167. The van der Waals surface area contributed by atoms with Crippen LogP contribution in [0.4, 0.5) is 0 Å². The molecule has 2 aromatic carbocycles. The second kappa shape index (κ2) is 10.7. The van der Waals surface area contributed by atoms with Crippen LogP contribution >= 0.6 is 0 Å². The van der Waals surface area contributed by atoms with Gasteiger partial charge in [0.1, 0.15) is 0 Å². The average Bonchev–Trinajstić information content (AvgIpc) is 2.78. The van der Waals surface area contributed by atoms with Crippen LogP contribution in [-0.2, 0) is 22.6 Å². The second-order valence-electron chi connectivity index (χ2n) is 6.94. The molecule has 3 aromatic rings. The first-order valence-corrected chi connectivity index (χ1v) is 9.72. The first kappa shape index (κ1) is 20.9. The van der Waals surface area contributed by atoms with E-state index in [0.29, 0.717) is 12.3 Å². The number of hydrogen-bond donors (Lipinski definition) is 2. The van der Waals surface area contributed by atoms with Gasteiger partial charge in [0.2, 0.25) is 11.8 Å². The maximum absolute atomic E-state index is 12.1. The Kier molecular flexibility index (Phi) is 7.44. The van der Waals surface area contributed by atoms with Gasteiger partial charge in [-0.2, -0.15) is 5.10 Å². The standard InChI is InChI=1S/C24H24N4O2/c1-18(14-23(29)26-17-20-6-5-13-25-16-20)27-28-24(30)15-19-9-11-22(12-10-19)21-7-3-2-4-8-21/h2-13,16H,14-15,17H2,1H3,(H,26,29)(H,28,30)/b27-18-. The van der Waals surface area contributed by atoms with Crippen molar-refractivity contribution in [2.24, 2.45) is 5.10 Å². The first-order valence-electron chi connectivity index (χ1n) is 9.72. The molecule has 0 unspecified atom stereocenters. The Labute approximate surface area is 176 Å². The van der Waals surface area contributed by atoms with Crippen molar-refractivity contribution in [3.8, 4) is 11.1 Å². The summed E-state index contributed by atoms with van der Waals surface area (Å²) in [6, 6.07) is 21.6. The van der Waals surface area contributed by atoms with Crippen LogP contribution in [-0.4, -0.2) is 22.5 Å². The Morgan fingerprint density at radius 2 is 1.60 bits per heavy atom. The zero-order chi connectivity index (χ0) is 21.2. The van der Waals surface area contributed by atoms with Gasteiger partial charge in [-0.25, -0.2) is 5.43 Å². The molecule has 0 fully saturated rings. The zero-order valence-electron chi connectivity index (χ0n) is 16.8. The van der Waals surface area contributed by atoms with Gasteiger partial charge in [0.15, 0.2) is 0 Å². The molecule has 0 radical (unpaired) electrons. The predicted molar refractivity (Wildman–Crippen MR) is 118 cm³/mol. The van der Waals surface area contributed by atoms with E-state index in [-0.39, 0.29) is 24.7 Å². The van der Waals surface area contributed by atoms with E-state index < -0.39 is 0 Å². The molecule has 30 heavy (non-hydrogen) atoms. The Balaban J connectivity index is 1.43. The largest absolute Gasteiger partial charge is 0.352 e. The van der Waals surface area contributed by atoms with Gasteiger partial charge >= 0.3 is 0 Å². The highest BCUT2D eigenvalue weighted by atomic mass is 16.2. The van der Waals surface area contributed by atoms with Gasteiger partial charge in [0.25, 0.3) is 0 Å². The third-order valence-corrected chi connectivity index (χ3v) is 4.43. The van der Waals surface area contributed by atoms with E-state index in [0.717, 1.165) is 22.3 Å². The summed E-state index contributed by atoms with van der Waals surface area (Å²) in [7, 11) is 0. The van der Waals surface area contributed by atoms with E-state index in [1.165, 1.54) is 0 Å². The number of nitrogens with zero attached hydrogens (tertiary/aromatic N) is 2. The number of amides is 2. The van der Waals surface area contributed by atoms with Crippen molar-refractivity contribution < 1.29 is 9.59 Å². The van der Waals surface area contributed by atoms with Crippen molar-refractivity contribution in [1.82, 2.24) is 15.7 Å². The van der Waals surface area contributed by atoms with Crippen LogP contribution in [0.3, 0.4) is 0 Å². The highest BCUT2D eigenvalue weighted by Crippen LogP contribution is 2.19. The number of benzene rings is 2. The molecule has 6 heteroatoms. The van der Waals surface area contributed by atoms with Crippen LogP contribution in [0.25, 0.3) is 11.1 Å². The molecule has 1 aromatic heterocycles. The zero-order valence-corrected chi connectivity index (χ0v) is 16.8. The van der Waals surface area contributed by atoms with Crippen LogP contribution < -0.4 is 10.7 Å². The summed E-state index contributed by atoms with van der Waals surface area (Å²) in [6.07, 6.45) is 3.72. The normalized spacial score (nSPS) is 11.0. The minimum absolute atomic E-state index is 0.117. The third kappa shape index (κ3) is 6.67. The molecule has 0 bridgehead atoms. The van der Waals surface area contributed by atoms with Gasteiger partial charge in [-0.05, 0) is 35.2 Å². The Morgan fingerprint density at radius 3 is 2.30 bits per heavy atom. The fourth-order valence-corrected chi connectivity index (χ4v) is 2.87. The average molecular weight is 400 g/mol. The molecule has 0 spiro atoms. The molecule has 2 amide bonds. The summed E-state index contributed by atoms with van der Waals surface area (Å²) in [5.41, 5.74) is 7.11. The molecule has 3 rings (SSSR count). The smallest absolute Gasteiger partial charge is 0.244 e. The number of aromatic nitrogens is 1. The summed E-state index contributed by atoms with van der Waals surface area (Å²) in [5, 5.41) is 6.83. The molecule has 6 nitrogen and oxygen atoms in total. The molecular formula is C24H24N4O2. The monoisotopic (exact) mass is 400 g/mol. The molecule has 1 heterocycles. The van der Waals surface area contributed by atoms with Crippen LogP contribution in [0.5, 0.6) is 0 Å². The molecule has 2 N–H and O–H groups in total. The van der Waals surface area contributed by atoms with Gasteiger partial charge in [0, 0.05) is 24.7 Å². The van der Waals surface area contributed by atoms with Crippen molar-refractivity contribution in [2.75, 3.05) is 0 Å². The number of carbonyl (C=O) groups excluding carboxylic acids is 2. The molecule has 0 aliphatic heterocycles. The van der Waals surface area contributed by atoms with Crippen LogP contribution in [0, 0.1) is 0 Å². The molecule has 0 saturated heterocycles. The Morgan fingerprint density at radius 1 is 0.867 bits per heavy atom. The summed E-state index contributed by atoms with van der Waals surface area (Å²) in [6.45, 7) is 2.11. The maximum Gasteiger partial charge on any atom is 0.244 e. The van der Waals surface area contributed by atoms with Gasteiger partial charge in [-0.15, -0.1) is 0 Å². The summed E-state index contributed by atoms with van der Waals surface area (Å²) < 4.78 is 0. The number of nitrogens with one attached hydrogen (secondary N) is 2. The van der Waals surface area contributed by atoms with E-state index in [4.69, 9.17) is 0 Å². The minimum Gasteiger partial charge on any atom is -0.352 e. The SMILES string of the molecule is C/C(CC(=O)NCc1cccnc1)=N/NC(=O)Cc1ccc(-c2ccccc2)cc1. The van der Waals surface area contributed by atoms with Gasteiger partial charge in [0.05, 0.1) is 12.8 Å². The Bertz CT molecular complexity index is 1000. The first-order chi connectivity index (χ1) is 14.6. The van der Waals surface area contributed by atoms with Gasteiger partial charge in [-0.3, -0.25) is 14.6 Å². The lowest BCUT2D eigenvalue weighted by Crippen LogP contribution is -2.26. The molecule has 0 saturated carbocycles. The van der Waals surface area contributed by atoms with Crippen molar-refractivity contribution in [3.63, 3.8) is 0 Å². The van der Waals surface area contributed by atoms with E-state index >= 15 is 0 Å². The van der Waals surface area contributed by atoms with Crippen molar-refractivity contribution in [2.45, 2.75) is 26.3 Å². The van der Waals surface area contributed by atoms with E-state index in [1.807, 2.05) is 66.7 Å². The lowest BCUT2D eigenvalue weighted by atomic mass is 10.0. The quantitative estimate of drug-likeness (QED) is 0.448. The van der Waals surface area contributed by atoms with Crippen LogP contribution in [0.15, 0.2) is 84.2 Å². The van der Waals surface area contributed by atoms with Crippen molar-refractivity contribution >= 4 is 17.5 Å². The topological polar surface area (TPSA) is 83.4 Å². The molecule has 0 aliphatic rings. The van der Waals surface area contributed by atoms with E-state index in [1.54, 1.807) is 19.3 Å². The number of rotatable bonds is 8. The van der Waals surface area contributed by atoms with Gasteiger partial charge < -0.3 is 5.32 Å². The lowest BCUT2D eigenvalue weighted by molar-refractivity contribution is -0.121. The summed E-state index contributed by atoms with van der Waals surface area (Å²) >= 11 is 0. The van der Waals surface area contributed by atoms with Crippen molar-refractivity contribution in [1.29, 1.82) is 0 Å². The minimum atomic E-state index is -0.224. The molecule has 0 atom stereocenters. The number of pyridine rings is 1. The highest BCUT2D eigenvalue weighted by molar-refractivity contribution is 6.00.